The maximum Gasteiger partial charge on any atom is 0.262 e. The zero-order chi connectivity index (χ0) is 22.3. The summed E-state index contributed by atoms with van der Waals surface area (Å²) < 4.78 is 25.1. The van der Waals surface area contributed by atoms with Crippen LogP contribution in [0.5, 0.6) is 0 Å². The van der Waals surface area contributed by atoms with Crippen molar-refractivity contribution in [2.45, 2.75) is 29.3 Å². The Kier molecular flexibility index (Phi) is 7.47. The van der Waals surface area contributed by atoms with E-state index in [2.05, 4.69) is 38.2 Å². The number of alkyl halides is 1. The van der Waals surface area contributed by atoms with E-state index in [1.807, 2.05) is 48.6 Å². The summed E-state index contributed by atoms with van der Waals surface area (Å²) in [6.45, 7) is 1.67. The molecule has 1 aromatic carbocycles. The molecule has 0 spiro atoms. The first-order valence-electron chi connectivity index (χ1n) is 9.87. The van der Waals surface area contributed by atoms with E-state index in [0.29, 0.717) is 18.4 Å². The summed E-state index contributed by atoms with van der Waals surface area (Å²) in [7, 11) is -3.35. The summed E-state index contributed by atoms with van der Waals surface area (Å²) in [5, 5.41) is 1.87. The highest BCUT2D eigenvalue weighted by molar-refractivity contribution is 9.10. The zero-order valence-electron chi connectivity index (χ0n) is 17.1. The first kappa shape index (κ1) is 23.0. The van der Waals surface area contributed by atoms with E-state index in [1.165, 1.54) is 0 Å². The highest BCUT2D eigenvalue weighted by atomic mass is 79.9. The second-order valence-corrected chi connectivity index (χ2v) is 11.0. The van der Waals surface area contributed by atoms with Crippen molar-refractivity contribution in [3.05, 3.63) is 89.8 Å². The van der Waals surface area contributed by atoms with Crippen molar-refractivity contribution in [3.8, 4) is 12.0 Å². The van der Waals surface area contributed by atoms with Crippen LogP contribution in [0.15, 0.2) is 78.7 Å². The number of allylic oxidation sites excluding steroid dienone is 4. The van der Waals surface area contributed by atoms with Gasteiger partial charge in [-0.15, -0.1) is 0 Å². The number of pyridine rings is 1. The van der Waals surface area contributed by atoms with Crippen LogP contribution in [0.3, 0.4) is 0 Å². The topological polar surface area (TPSA) is 76.1 Å². The number of nitrogens with zero attached hydrogens (tertiary/aromatic N) is 1. The van der Waals surface area contributed by atoms with Crippen LogP contribution < -0.4 is 5.32 Å². The summed E-state index contributed by atoms with van der Waals surface area (Å²) in [4.78, 5) is 15.9. The van der Waals surface area contributed by atoms with Crippen molar-refractivity contribution >= 4 is 31.7 Å². The van der Waals surface area contributed by atoms with Gasteiger partial charge >= 0.3 is 0 Å². The highest BCUT2D eigenvalue weighted by Gasteiger charge is 2.43. The van der Waals surface area contributed by atoms with Gasteiger partial charge in [0.05, 0.1) is 4.32 Å². The number of benzene rings is 1. The van der Waals surface area contributed by atoms with E-state index >= 15 is 0 Å². The van der Waals surface area contributed by atoms with E-state index < -0.39 is 19.4 Å². The zero-order valence-corrected chi connectivity index (χ0v) is 19.5. The third kappa shape index (κ3) is 5.72. The minimum atomic E-state index is -3.35. The van der Waals surface area contributed by atoms with Gasteiger partial charge in [-0.05, 0) is 29.7 Å². The van der Waals surface area contributed by atoms with Gasteiger partial charge < -0.3 is 0 Å². The average Bonchev–Trinajstić information content (AvgIpc) is 2.79. The van der Waals surface area contributed by atoms with Crippen molar-refractivity contribution < 1.29 is 13.2 Å². The van der Waals surface area contributed by atoms with Crippen molar-refractivity contribution in [2.75, 3.05) is 5.75 Å². The molecule has 3 rings (SSSR count). The standard InChI is InChI=1S/C24H23BrN2O3S/c1-2-31(29,30)22(20-8-4-3-5-9-20)24(25)14-10-19(11-15-24)7-6-16-27-23(28)21-12-17-26-18-13-21/h3-5,8-14,17-18,22H,2,7,15H2,1H3,(H,27,28). The fourth-order valence-electron chi connectivity index (χ4n) is 3.39. The molecule has 160 valence electrons. The summed E-state index contributed by atoms with van der Waals surface area (Å²) >= 11 is 3.72. The van der Waals surface area contributed by atoms with E-state index in [4.69, 9.17) is 0 Å². The lowest BCUT2D eigenvalue weighted by Crippen LogP contribution is -2.35. The van der Waals surface area contributed by atoms with Crippen molar-refractivity contribution in [1.29, 1.82) is 0 Å². The number of hydrogen-bond acceptors (Lipinski definition) is 4. The minimum absolute atomic E-state index is 0.0625. The van der Waals surface area contributed by atoms with E-state index in [-0.39, 0.29) is 11.7 Å². The number of rotatable bonds is 6. The van der Waals surface area contributed by atoms with Crippen LogP contribution in [0.25, 0.3) is 0 Å². The van der Waals surface area contributed by atoms with Gasteiger partial charge in [-0.2, -0.15) is 0 Å². The Morgan fingerprint density at radius 1 is 1.23 bits per heavy atom. The smallest absolute Gasteiger partial charge is 0.262 e. The summed E-state index contributed by atoms with van der Waals surface area (Å²) in [5.41, 5.74) is 2.23. The number of sulfone groups is 1. The van der Waals surface area contributed by atoms with Gasteiger partial charge in [0.15, 0.2) is 9.84 Å². The molecule has 0 saturated heterocycles. The van der Waals surface area contributed by atoms with Gasteiger partial charge in [-0.25, -0.2) is 8.42 Å². The first-order chi connectivity index (χ1) is 14.9. The molecule has 2 unspecified atom stereocenters. The molecule has 7 heteroatoms. The number of halogens is 1. The summed E-state index contributed by atoms with van der Waals surface area (Å²) in [6.07, 6.45) is 9.87. The molecule has 1 aliphatic carbocycles. The molecule has 1 N–H and O–H groups in total. The van der Waals surface area contributed by atoms with Gasteiger partial charge in [-0.1, -0.05) is 77.3 Å². The fraction of sp³-hybridized carbons (Fsp3) is 0.250. The molecular formula is C24H23BrN2O3S. The largest absolute Gasteiger partial charge is 0.281 e. The van der Waals surface area contributed by atoms with Crippen LogP contribution in [-0.2, 0) is 9.84 Å². The lowest BCUT2D eigenvalue weighted by Gasteiger charge is -2.34. The number of nitrogens with one attached hydrogen (secondary N) is 1. The molecule has 0 aliphatic heterocycles. The van der Waals surface area contributed by atoms with E-state index in [1.54, 1.807) is 31.5 Å². The van der Waals surface area contributed by atoms with Gasteiger partial charge in [0.2, 0.25) is 0 Å². The molecule has 1 aliphatic rings. The van der Waals surface area contributed by atoms with Gasteiger partial charge in [0, 0.05) is 36.2 Å². The number of aromatic nitrogens is 1. The third-order valence-corrected chi connectivity index (χ3v) is 8.62. The maximum absolute atomic E-state index is 12.9. The van der Waals surface area contributed by atoms with Crippen LogP contribution in [0.4, 0.5) is 0 Å². The van der Waals surface area contributed by atoms with Crippen LogP contribution in [0, 0.1) is 12.0 Å². The molecule has 0 bridgehead atoms. The Labute approximate surface area is 191 Å². The Bertz CT molecular complexity index is 1150. The molecule has 0 fully saturated rings. The van der Waals surface area contributed by atoms with Gasteiger partial charge in [0.1, 0.15) is 5.25 Å². The highest BCUT2D eigenvalue weighted by Crippen LogP contribution is 2.46. The fourth-order valence-corrected chi connectivity index (χ4v) is 6.48. The number of carbonyl (C=O) groups excluding carboxylic acids is 1. The van der Waals surface area contributed by atoms with Crippen LogP contribution in [-0.4, -0.2) is 29.4 Å². The summed E-state index contributed by atoms with van der Waals surface area (Å²) in [6, 6.07) is 15.2. The van der Waals surface area contributed by atoms with Gasteiger partial charge in [0.25, 0.3) is 5.91 Å². The summed E-state index contributed by atoms with van der Waals surface area (Å²) in [5.74, 6) is 2.72. The Balaban J connectivity index is 1.68. The lowest BCUT2D eigenvalue weighted by atomic mass is 9.89. The first-order valence-corrected chi connectivity index (χ1v) is 12.4. The van der Waals surface area contributed by atoms with E-state index in [0.717, 1.165) is 11.1 Å². The molecule has 31 heavy (non-hydrogen) atoms. The van der Waals surface area contributed by atoms with Crippen LogP contribution >= 0.6 is 15.9 Å². The van der Waals surface area contributed by atoms with Crippen molar-refractivity contribution in [3.63, 3.8) is 0 Å². The van der Waals surface area contributed by atoms with Crippen LogP contribution in [0.1, 0.15) is 40.9 Å². The lowest BCUT2D eigenvalue weighted by molar-refractivity contribution is 0.0973. The molecule has 2 atom stereocenters. The number of hydrogen-bond donors (Lipinski definition) is 1. The second-order valence-electron chi connectivity index (χ2n) is 7.15. The molecule has 2 aromatic rings. The molecule has 0 radical (unpaired) electrons. The molecule has 1 amide bonds. The minimum Gasteiger partial charge on any atom is -0.281 e. The molecule has 1 heterocycles. The molecular weight excluding hydrogens is 476 g/mol. The molecule has 0 saturated carbocycles. The van der Waals surface area contributed by atoms with E-state index in [9.17, 15) is 13.2 Å². The van der Waals surface area contributed by atoms with Gasteiger partial charge in [-0.3, -0.25) is 15.1 Å². The third-order valence-electron chi connectivity index (χ3n) is 5.05. The monoisotopic (exact) mass is 498 g/mol. The predicted octanol–water partition coefficient (Wildman–Crippen LogP) is 4.36. The number of amides is 1. The second kappa shape index (κ2) is 10.1. The van der Waals surface area contributed by atoms with Crippen molar-refractivity contribution in [2.24, 2.45) is 0 Å². The van der Waals surface area contributed by atoms with Crippen molar-refractivity contribution in [1.82, 2.24) is 10.3 Å². The Morgan fingerprint density at radius 3 is 2.55 bits per heavy atom. The number of carbonyl (C=O) groups is 1. The average molecular weight is 499 g/mol. The normalized spacial score (nSPS) is 19.0. The Hall–Kier alpha value is -2.69. The molecule has 1 aromatic heterocycles. The maximum atomic E-state index is 12.9. The quantitative estimate of drug-likeness (QED) is 0.364. The van der Waals surface area contributed by atoms with Crippen LogP contribution in [0.2, 0.25) is 0 Å². The Morgan fingerprint density at radius 2 is 1.94 bits per heavy atom. The predicted molar refractivity (Wildman–Crippen MR) is 126 cm³/mol. The SMILES string of the molecule is CCS(=O)(=O)C(c1ccccc1)C1(Br)C=CC(CC#CNC(=O)c2ccncc2)=CC1. The molecule has 5 nitrogen and oxygen atoms in total.